The third-order valence-corrected chi connectivity index (χ3v) is 7.50. The van der Waals surface area contributed by atoms with E-state index in [1.54, 1.807) is 6.20 Å². The van der Waals surface area contributed by atoms with E-state index in [-0.39, 0.29) is 0 Å². The lowest BCUT2D eigenvalue weighted by atomic mass is 9.95. The van der Waals surface area contributed by atoms with Crippen molar-refractivity contribution in [3.63, 3.8) is 0 Å². The van der Waals surface area contributed by atoms with Crippen LogP contribution in [0.5, 0.6) is 0 Å². The minimum absolute atomic E-state index is 0.498. The van der Waals surface area contributed by atoms with Crippen LogP contribution in [0.2, 0.25) is 0 Å². The first kappa shape index (κ1) is 22.8. The number of aromatic amines is 1. The smallest absolute Gasteiger partial charge is 0.178 e. The largest absolute Gasteiger partial charge is 0.342 e. The number of H-pyrrole nitrogens is 1. The number of hydrogen-bond donors (Lipinski definition) is 1. The van der Waals surface area contributed by atoms with Gasteiger partial charge in [-0.25, -0.2) is 19.9 Å². The molecule has 0 unspecified atom stereocenters. The zero-order chi connectivity index (χ0) is 25.3. The summed E-state index contributed by atoms with van der Waals surface area (Å²) in [5.41, 5.74) is 8.82. The fourth-order valence-corrected chi connectivity index (χ4v) is 5.45. The summed E-state index contributed by atoms with van der Waals surface area (Å²) in [6.45, 7) is 3.09. The van der Waals surface area contributed by atoms with E-state index in [2.05, 4.69) is 69.5 Å². The molecule has 6 nitrogen and oxygen atoms in total. The lowest BCUT2D eigenvalue weighted by Gasteiger charge is -2.31. The number of hydrogen-bond acceptors (Lipinski definition) is 5. The Bertz CT molecular complexity index is 1670. The van der Waals surface area contributed by atoms with Gasteiger partial charge in [-0.15, -0.1) is 0 Å². The Balaban J connectivity index is 1.08. The number of nitrogens with one attached hydrogen (secondary N) is 1. The first-order chi connectivity index (χ1) is 18.8. The summed E-state index contributed by atoms with van der Waals surface area (Å²) in [4.78, 5) is 25.2. The van der Waals surface area contributed by atoms with Crippen LogP contribution in [-0.2, 0) is 6.54 Å². The molecule has 6 heteroatoms. The molecule has 7 rings (SSSR count). The zero-order valence-electron chi connectivity index (χ0n) is 21.1. The summed E-state index contributed by atoms with van der Waals surface area (Å²) in [6, 6.07) is 31.2. The average Bonchev–Trinajstić information content (AvgIpc) is 3.42. The van der Waals surface area contributed by atoms with Gasteiger partial charge in [0.05, 0.1) is 22.4 Å². The maximum Gasteiger partial charge on any atom is 0.178 e. The van der Waals surface area contributed by atoms with Gasteiger partial charge in [0.25, 0.3) is 0 Å². The molecular weight excluding hydrogens is 468 g/mol. The molecule has 0 saturated carbocycles. The van der Waals surface area contributed by atoms with Gasteiger partial charge in [0.15, 0.2) is 5.65 Å². The normalized spacial score (nSPS) is 14.8. The van der Waals surface area contributed by atoms with E-state index in [0.717, 1.165) is 77.4 Å². The standard InChI is InChI=1S/C32H28N6/c1-2-7-23(8-3-1)29-30(37-32-28(34-29)11-6-18-33-32)24-14-12-22(13-15-24)21-38-19-16-25(17-20-38)31-35-26-9-4-5-10-27(26)36-31/h1-15,18,25H,16-17,19-21H2,(H,35,36). The fraction of sp³-hybridized carbons (Fsp3) is 0.188. The molecule has 186 valence electrons. The summed E-state index contributed by atoms with van der Waals surface area (Å²) in [5, 5.41) is 0. The number of likely N-dealkylation sites (tertiary alicyclic amines) is 1. The second-order valence-corrected chi connectivity index (χ2v) is 10.0. The van der Waals surface area contributed by atoms with Crippen LogP contribution in [0.3, 0.4) is 0 Å². The van der Waals surface area contributed by atoms with Gasteiger partial charge in [-0.3, -0.25) is 4.90 Å². The minimum Gasteiger partial charge on any atom is -0.342 e. The quantitative estimate of drug-likeness (QED) is 0.291. The third kappa shape index (κ3) is 4.44. The molecule has 0 aliphatic carbocycles. The molecule has 1 saturated heterocycles. The molecule has 1 aliphatic rings. The molecule has 1 fully saturated rings. The van der Waals surface area contributed by atoms with Crippen molar-refractivity contribution in [1.29, 1.82) is 0 Å². The second kappa shape index (κ2) is 9.80. The highest BCUT2D eigenvalue weighted by atomic mass is 15.1. The SMILES string of the molecule is c1ccc(-c2nc3cccnc3nc2-c2ccc(CN3CCC(c4nc5ccccc5[nH]4)CC3)cc2)cc1. The molecule has 0 atom stereocenters. The predicted octanol–water partition coefficient (Wildman–Crippen LogP) is 6.61. The van der Waals surface area contributed by atoms with Gasteiger partial charge >= 0.3 is 0 Å². The highest BCUT2D eigenvalue weighted by Crippen LogP contribution is 2.32. The molecule has 38 heavy (non-hydrogen) atoms. The Morgan fingerprint density at radius 2 is 1.39 bits per heavy atom. The van der Waals surface area contributed by atoms with Gasteiger partial charge in [0.2, 0.25) is 0 Å². The summed E-state index contributed by atoms with van der Waals surface area (Å²) in [6.07, 6.45) is 4.01. The fourth-order valence-electron chi connectivity index (χ4n) is 5.45. The van der Waals surface area contributed by atoms with E-state index in [1.165, 1.54) is 5.56 Å². The van der Waals surface area contributed by atoms with Crippen molar-refractivity contribution in [2.45, 2.75) is 25.3 Å². The van der Waals surface area contributed by atoms with Crippen LogP contribution in [0.1, 0.15) is 30.1 Å². The van der Waals surface area contributed by atoms with Crippen LogP contribution in [-0.4, -0.2) is 42.9 Å². The average molecular weight is 497 g/mol. The van der Waals surface area contributed by atoms with Crippen molar-refractivity contribution < 1.29 is 0 Å². The van der Waals surface area contributed by atoms with E-state index in [9.17, 15) is 0 Å². The van der Waals surface area contributed by atoms with Crippen molar-refractivity contribution >= 4 is 22.2 Å². The highest BCUT2D eigenvalue weighted by Gasteiger charge is 2.23. The number of para-hydroxylation sites is 2. The van der Waals surface area contributed by atoms with Gasteiger partial charge in [-0.05, 0) is 55.8 Å². The van der Waals surface area contributed by atoms with Crippen molar-refractivity contribution in [1.82, 2.24) is 29.8 Å². The van der Waals surface area contributed by atoms with Gasteiger partial charge in [0, 0.05) is 29.8 Å². The van der Waals surface area contributed by atoms with Crippen molar-refractivity contribution in [2.75, 3.05) is 13.1 Å². The number of imidazole rings is 1. The van der Waals surface area contributed by atoms with Crippen molar-refractivity contribution in [2.24, 2.45) is 0 Å². The Morgan fingerprint density at radius 1 is 0.684 bits per heavy atom. The van der Waals surface area contributed by atoms with Crippen LogP contribution < -0.4 is 0 Å². The molecule has 3 aromatic heterocycles. The molecule has 1 N–H and O–H groups in total. The molecule has 3 aromatic carbocycles. The van der Waals surface area contributed by atoms with E-state index in [0.29, 0.717) is 11.6 Å². The number of piperidine rings is 1. The first-order valence-corrected chi connectivity index (χ1v) is 13.2. The Morgan fingerprint density at radius 3 is 2.21 bits per heavy atom. The van der Waals surface area contributed by atoms with E-state index in [4.69, 9.17) is 15.0 Å². The molecule has 4 heterocycles. The van der Waals surface area contributed by atoms with Gasteiger partial charge in [0.1, 0.15) is 11.3 Å². The van der Waals surface area contributed by atoms with Crippen molar-refractivity contribution in [3.8, 4) is 22.5 Å². The number of aromatic nitrogens is 5. The summed E-state index contributed by atoms with van der Waals surface area (Å²) >= 11 is 0. The lowest BCUT2D eigenvalue weighted by molar-refractivity contribution is 0.202. The number of fused-ring (bicyclic) bond motifs is 2. The summed E-state index contributed by atoms with van der Waals surface area (Å²) < 4.78 is 0. The topological polar surface area (TPSA) is 70.6 Å². The summed E-state index contributed by atoms with van der Waals surface area (Å²) in [5.74, 6) is 1.63. The summed E-state index contributed by atoms with van der Waals surface area (Å²) in [7, 11) is 0. The lowest BCUT2D eigenvalue weighted by Crippen LogP contribution is -2.32. The monoisotopic (exact) mass is 496 g/mol. The maximum atomic E-state index is 4.94. The van der Waals surface area contributed by atoms with Crippen molar-refractivity contribution in [3.05, 3.63) is 109 Å². The number of benzene rings is 3. The molecule has 0 spiro atoms. The number of pyridine rings is 1. The first-order valence-electron chi connectivity index (χ1n) is 13.2. The minimum atomic E-state index is 0.498. The van der Waals surface area contributed by atoms with Crippen LogP contribution in [0, 0.1) is 0 Å². The molecule has 6 aromatic rings. The van der Waals surface area contributed by atoms with Crippen LogP contribution in [0.15, 0.2) is 97.2 Å². The van der Waals surface area contributed by atoms with Crippen LogP contribution in [0.25, 0.3) is 44.7 Å². The second-order valence-electron chi connectivity index (χ2n) is 10.0. The Kier molecular flexibility index (Phi) is 5.87. The Labute approximate surface area is 221 Å². The maximum absolute atomic E-state index is 4.94. The predicted molar refractivity (Wildman–Crippen MR) is 152 cm³/mol. The molecule has 1 aliphatic heterocycles. The molecule has 0 amide bonds. The van der Waals surface area contributed by atoms with Gasteiger partial charge in [-0.1, -0.05) is 66.7 Å². The van der Waals surface area contributed by atoms with E-state index < -0.39 is 0 Å². The molecule has 0 radical (unpaired) electrons. The van der Waals surface area contributed by atoms with Gasteiger partial charge in [-0.2, -0.15) is 0 Å². The van der Waals surface area contributed by atoms with Gasteiger partial charge < -0.3 is 4.98 Å². The number of rotatable bonds is 5. The zero-order valence-corrected chi connectivity index (χ0v) is 21.1. The Hall–Kier alpha value is -4.42. The highest BCUT2D eigenvalue weighted by molar-refractivity contribution is 5.84. The van der Waals surface area contributed by atoms with Crippen LogP contribution >= 0.6 is 0 Å². The van der Waals surface area contributed by atoms with E-state index in [1.807, 2.05) is 36.4 Å². The third-order valence-electron chi connectivity index (χ3n) is 7.50. The molecule has 0 bridgehead atoms. The number of nitrogens with zero attached hydrogens (tertiary/aromatic N) is 5. The van der Waals surface area contributed by atoms with E-state index >= 15 is 0 Å². The van der Waals surface area contributed by atoms with Crippen LogP contribution in [0.4, 0.5) is 0 Å². The molecular formula is C32H28N6.